The van der Waals surface area contributed by atoms with Gasteiger partial charge in [-0.3, -0.25) is 4.90 Å². The van der Waals surface area contributed by atoms with Crippen LogP contribution in [0.25, 0.3) is 0 Å². The molecule has 1 aromatic rings. The van der Waals surface area contributed by atoms with Crippen LogP contribution in [-0.4, -0.2) is 54.6 Å². The summed E-state index contributed by atoms with van der Waals surface area (Å²) in [6.45, 7) is 3.71. The van der Waals surface area contributed by atoms with E-state index in [9.17, 15) is 5.11 Å². The van der Waals surface area contributed by atoms with Gasteiger partial charge in [-0.05, 0) is 43.5 Å². The van der Waals surface area contributed by atoms with Gasteiger partial charge in [0.2, 0.25) is 0 Å². The Hall–Kier alpha value is -1.54. The largest absolute Gasteiger partial charge is 0.492 e. The van der Waals surface area contributed by atoms with Gasteiger partial charge < -0.3 is 14.9 Å². The van der Waals surface area contributed by atoms with E-state index in [1.807, 2.05) is 24.3 Å². The van der Waals surface area contributed by atoms with Gasteiger partial charge in [0.15, 0.2) is 0 Å². The van der Waals surface area contributed by atoms with Gasteiger partial charge in [-0.15, -0.1) is 0 Å². The van der Waals surface area contributed by atoms with E-state index in [-0.39, 0.29) is 13.2 Å². The molecule has 2 N–H and O–H groups in total. The van der Waals surface area contributed by atoms with Crippen molar-refractivity contribution >= 4 is 0 Å². The van der Waals surface area contributed by atoms with Gasteiger partial charge in [-0.1, -0.05) is 17.9 Å². The molecule has 0 radical (unpaired) electrons. The quantitative estimate of drug-likeness (QED) is 0.798. The van der Waals surface area contributed by atoms with Crippen LogP contribution in [0.1, 0.15) is 18.4 Å². The molecule has 1 aliphatic rings. The Balaban J connectivity index is 1.78. The Morgan fingerprint density at radius 3 is 3.05 bits per heavy atom. The summed E-state index contributed by atoms with van der Waals surface area (Å²) in [4.78, 5) is 2.35. The summed E-state index contributed by atoms with van der Waals surface area (Å²) < 4.78 is 5.76. The fraction of sp³-hybridized carbons (Fsp3) is 0.529. The zero-order valence-corrected chi connectivity index (χ0v) is 12.3. The van der Waals surface area contributed by atoms with Crippen LogP contribution in [0.5, 0.6) is 5.75 Å². The average Bonchev–Trinajstić information content (AvgIpc) is 2.53. The Morgan fingerprint density at radius 2 is 2.24 bits per heavy atom. The Labute approximate surface area is 126 Å². The molecule has 2 rings (SSSR count). The van der Waals surface area contributed by atoms with Gasteiger partial charge in [-0.25, -0.2) is 0 Å². The number of nitrogens with zero attached hydrogens (tertiary/aromatic N) is 1. The highest BCUT2D eigenvalue weighted by atomic mass is 16.5. The van der Waals surface area contributed by atoms with Crippen molar-refractivity contribution in [1.29, 1.82) is 0 Å². The maximum atomic E-state index is 9.23. The van der Waals surface area contributed by atoms with E-state index < -0.39 is 0 Å². The smallest absolute Gasteiger partial charge is 0.120 e. The number of aliphatic hydroxyl groups is 2. The van der Waals surface area contributed by atoms with Crippen molar-refractivity contribution in [1.82, 2.24) is 4.90 Å². The van der Waals surface area contributed by atoms with Crippen LogP contribution in [0, 0.1) is 17.8 Å². The summed E-state index contributed by atoms with van der Waals surface area (Å²) in [6, 6.07) is 7.59. The summed E-state index contributed by atoms with van der Waals surface area (Å²) in [7, 11) is 0. The lowest BCUT2D eigenvalue weighted by Crippen LogP contribution is -2.39. The van der Waals surface area contributed by atoms with Crippen LogP contribution in [0.2, 0.25) is 0 Å². The number of aliphatic hydroxyl groups excluding tert-OH is 2. The molecule has 1 fully saturated rings. The first kappa shape index (κ1) is 15.8. The van der Waals surface area contributed by atoms with Crippen LogP contribution in [0.15, 0.2) is 24.3 Å². The van der Waals surface area contributed by atoms with Crippen molar-refractivity contribution in [2.24, 2.45) is 5.92 Å². The number of likely N-dealkylation sites (tertiary alicyclic amines) is 1. The van der Waals surface area contributed by atoms with Gasteiger partial charge in [-0.2, -0.15) is 0 Å². The summed E-state index contributed by atoms with van der Waals surface area (Å²) >= 11 is 0. The molecule has 0 spiro atoms. The molecule has 4 heteroatoms. The molecule has 1 aromatic carbocycles. The SMILES string of the molecule is OCC#Cc1cccc(OCCN2CCCC(CO)C2)c1. The first-order valence-corrected chi connectivity index (χ1v) is 7.47. The monoisotopic (exact) mass is 289 g/mol. The molecule has 1 heterocycles. The predicted octanol–water partition coefficient (Wildman–Crippen LogP) is 1.11. The number of benzene rings is 1. The van der Waals surface area contributed by atoms with Crippen LogP contribution in [0.4, 0.5) is 0 Å². The normalized spacial score (nSPS) is 18.9. The van der Waals surface area contributed by atoms with Crippen LogP contribution < -0.4 is 4.74 Å². The van der Waals surface area contributed by atoms with Crippen molar-refractivity contribution in [3.05, 3.63) is 29.8 Å². The fourth-order valence-corrected chi connectivity index (χ4v) is 2.60. The van der Waals surface area contributed by atoms with E-state index in [0.717, 1.165) is 43.8 Å². The first-order chi connectivity index (χ1) is 10.3. The maximum absolute atomic E-state index is 9.23. The van der Waals surface area contributed by atoms with Gasteiger partial charge >= 0.3 is 0 Å². The van der Waals surface area contributed by atoms with Crippen molar-refractivity contribution in [3.8, 4) is 17.6 Å². The molecule has 0 saturated carbocycles. The standard InChI is InChI=1S/C17H23NO3/c19-10-3-6-15-4-1-7-17(12-15)21-11-9-18-8-2-5-16(13-18)14-20/h1,4,7,12,16,19-20H,2,5,8-11,13-14H2. The number of hydrogen-bond donors (Lipinski definition) is 2. The molecule has 1 aliphatic heterocycles. The highest BCUT2D eigenvalue weighted by Gasteiger charge is 2.18. The third kappa shape index (κ3) is 5.39. The third-order valence-electron chi connectivity index (χ3n) is 3.68. The van der Waals surface area contributed by atoms with Gasteiger partial charge in [0.05, 0.1) is 0 Å². The topological polar surface area (TPSA) is 52.9 Å². The Bertz CT molecular complexity index is 492. The molecule has 0 bridgehead atoms. The molecular formula is C17H23NO3. The van der Waals surface area contributed by atoms with Crippen molar-refractivity contribution in [2.45, 2.75) is 12.8 Å². The number of hydrogen-bond acceptors (Lipinski definition) is 4. The Kier molecular flexibility index (Phi) is 6.55. The van der Waals surface area contributed by atoms with Crippen molar-refractivity contribution in [3.63, 3.8) is 0 Å². The number of rotatable bonds is 5. The van der Waals surface area contributed by atoms with E-state index in [1.54, 1.807) is 0 Å². The summed E-state index contributed by atoms with van der Waals surface area (Å²) in [6.07, 6.45) is 2.27. The van der Waals surface area contributed by atoms with Crippen molar-refractivity contribution in [2.75, 3.05) is 39.5 Å². The lowest BCUT2D eigenvalue weighted by Gasteiger charge is -2.31. The fourth-order valence-electron chi connectivity index (χ4n) is 2.60. The molecule has 4 nitrogen and oxygen atoms in total. The highest BCUT2D eigenvalue weighted by Crippen LogP contribution is 2.16. The minimum atomic E-state index is -0.133. The van der Waals surface area contributed by atoms with Crippen molar-refractivity contribution < 1.29 is 14.9 Å². The van der Waals surface area contributed by atoms with Gasteiger partial charge in [0.1, 0.15) is 19.0 Å². The van der Waals surface area contributed by atoms with E-state index in [1.165, 1.54) is 0 Å². The second-order valence-corrected chi connectivity index (χ2v) is 5.33. The highest BCUT2D eigenvalue weighted by molar-refractivity contribution is 5.39. The summed E-state index contributed by atoms with van der Waals surface area (Å²) in [5, 5.41) is 17.9. The van der Waals surface area contributed by atoms with E-state index in [4.69, 9.17) is 9.84 Å². The molecule has 0 amide bonds. The molecule has 1 unspecified atom stereocenters. The van der Waals surface area contributed by atoms with Crippen LogP contribution >= 0.6 is 0 Å². The molecular weight excluding hydrogens is 266 g/mol. The minimum absolute atomic E-state index is 0.133. The predicted molar refractivity (Wildman–Crippen MR) is 82.2 cm³/mol. The number of piperidine rings is 1. The zero-order chi connectivity index (χ0) is 14.9. The molecule has 0 aliphatic carbocycles. The molecule has 21 heavy (non-hydrogen) atoms. The molecule has 0 aromatic heterocycles. The van der Waals surface area contributed by atoms with Crippen LogP contribution in [-0.2, 0) is 0 Å². The van der Waals surface area contributed by atoms with E-state index in [0.29, 0.717) is 12.5 Å². The maximum Gasteiger partial charge on any atom is 0.120 e. The molecule has 114 valence electrons. The average molecular weight is 289 g/mol. The van der Waals surface area contributed by atoms with E-state index >= 15 is 0 Å². The second kappa shape index (κ2) is 8.68. The lowest BCUT2D eigenvalue weighted by atomic mass is 9.99. The second-order valence-electron chi connectivity index (χ2n) is 5.33. The van der Waals surface area contributed by atoms with Gasteiger partial charge in [0, 0.05) is 25.3 Å². The first-order valence-electron chi connectivity index (χ1n) is 7.47. The zero-order valence-electron chi connectivity index (χ0n) is 12.3. The summed E-state index contributed by atoms with van der Waals surface area (Å²) in [5.74, 6) is 6.71. The lowest BCUT2D eigenvalue weighted by molar-refractivity contribution is 0.107. The number of ether oxygens (including phenoxy) is 1. The molecule has 1 saturated heterocycles. The molecule has 1 atom stereocenters. The minimum Gasteiger partial charge on any atom is -0.492 e. The Morgan fingerprint density at radius 1 is 1.33 bits per heavy atom. The summed E-state index contributed by atoms with van der Waals surface area (Å²) in [5.41, 5.74) is 0.847. The third-order valence-corrected chi connectivity index (χ3v) is 3.68. The van der Waals surface area contributed by atoms with Crippen LogP contribution in [0.3, 0.4) is 0 Å². The van der Waals surface area contributed by atoms with E-state index in [2.05, 4.69) is 16.7 Å². The van der Waals surface area contributed by atoms with Gasteiger partial charge in [0.25, 0.3) is 0 Å².